The molecule has 0 saturated carbocycles. The van der Waals surface area contributed by atoms with Gasteiger partial charge in [-0.15, -0.1) is 16.9 Å². The Morgan fingerprint density at radius 1 is 1.18 bits per heavy atom. The lowest BCUT2D eigenvalue weighted by Crippen LogP contribution is -2.62. The van der Waals surface area contributed by atoms with E-state index in [1.807, 2.05) is 60.7 Å². The average Bonchev–Trinajstić information content (AvgIpc) is 2.73. The van der Waals surface area contributed by atoms with Gasteiger partial charge < -0.3 is 14.8 Å². The fourth-order valence-electron chi connectivity index (χ4n) is 3.53. The van der Waals surface area contributed by atoms with Crippen LogP contribution in [0.25, 0.3) is 0 Å². The lowest BCUT2D eigenvalue weighted by atomic mass is 9.89. The van der Waals surface area contributed by atoms with Crippen LogP contribution in [0.5, 0.6) is 0 Å². The number of amides is 1. The van der Waals surface area contributed by atoms with Crippen LogP contribution in [-0.2, 0) is 14.3 Å². The molecule has 0 bridgehead atoms. The number of esters is 1. The molecule has 1 amide bonds. The molecule has 6 nitrogen and oxygen atoms in total. The highest BCUT2D eigenvalue weighted by atomic mass is 32.2. The highest BCUT2D eigenvalue weighted by Crippen LogP contribution is 2.42. The van der Waals surface area contributed by atoms with E-state index in [1.165, 1.54) is 18.0 Å². The molecule has 2 saturated heterocycles. The van der Waals surface area contributed by atoms with Crippen LogP contribution < -0.4 is 0 Å². The van der Waals surface area contributed by atoms with E-state index in [-0.39, 0.29) is 17.8 Å². The summed E-state index contributed by atoms with van der Waals surface area (Å²) in [6.45, 7) is 0.169. The number of benzene rings is 2. The molecular formula is C21H20N2O4S. The molecule has 0 aliphatic carbocycles. The Labute approximate surface area is 167 Å². The van der Waals surface area contributed by atoms with E-state index in [0.29, 0.717) is 12.2 Å². The Hall–Kier alpha value is -2.80. The van der Waals surface area contributed by atoms with Crippen molar-refractivity contribution in [1.29, 1.82) is 0 Å². The molecule has 7 heteroatoms. The maximum absolute atomic E-state index is 13.3. The summed E-state index contributed by atoms with van der Waals surface area (Å²) in [4.78, 5) is 26.8. The third kappa shape index (κ3) is 3.38. The predicted octanol–water partition coefficient (Wildman–Crippen LogP) is 3.07. The van der Waals surface area contributed by atoms with Gasteiger partial charge in [-0.3, -0.25) is 9.59 Å². The first-order valence-electron chi connectivity index (χ1n) is 9.03. The largest absolute Gasteiger partial charge is 0.452 e. The summed E-state index contributed by atoms with van der Waals surface area (Å²) in [5, 5.41) is 12.4. The van der Waals surface area contributed by atoms with Crippen molar-refractivity contribution >= 4 is 29.9 Å². The monoisotopic (exact) mass is 396 g/mol. The molecule has 0 spiro atoms. The normalized spacial score (nSPS) is 24.1. The minimum atomic E-state index is -1.17. The Kier molecular flexibility index (Phi) is 5.09. The van der Waals surface area contributed by atoms with Crippen LogP contribution in [-0.4, -0.2) is 45.9 Å². The first-order valence-corrected chi connectivity index (χ1v) is 10.1. The molecule has 2 atom stereocenters. The summed E-state index contributed by atoms with van der Waals surface area (Å²) in [5.74, 6) is -0.0993. The van der Waals surface area contributed by atoms with Crippen molar-refractivity contribution in [2.24, 2.45) is 10.6 Å². The molecule has 144 valence electrons. The highest BCUT2D eigenvalue weighted by molar-refractivity contribution is 8.00. The Bertz CT molecular complexity index is 850. The smallest absolute Gasteiger partial charge is 0.321 e. The summed E-state index contributed by atoms with van der Waals surface area (Å²) in [7, 11) is 0. The number of nitrogens with zero attached hydrogens (tertiary/aromatic N) is 2. The molecule has 1 N–H and O–H groups in total. The molecule has 2 aromatic rings. The summed E-state index contributed by atoms with van der Waals surface area (Å²) >= 11 is 1.51. The number of carbonyl (C=O) groups is 2. The number of hydrogen-bond donors (Lipinski definition) is 1. The molecule has 2 aliphatic rings. The van der Waals surface area contributed by atoms with Crippen molar-refractivity contribution in [1.82, 2.24) is 4.90 Å². The van der Waals surface area contributed by atoms with Gasteiger partial charge in [-0.25, -0.2) is 0 Å². The van der Waals surface area contributed by atoms with Gasteiger partial charge in [0.05, 0.1) is 18.0 Å². The topological polar surface area (TPSA) is 79.2 Å². The minimum absolute atomic E-state index is 0.00313. The number of thioether (sulfide) groups is 1. The summed E-state index contributed by atoms with van der Waals surface area (Å²) in [5.41, 5.74) is 0.521. The molecule has 2 aliphatic heterocycles. The van der Waals surface area contributed by atoms with E-state index in [9.17, 15) is 14.8 Å². The Morgan fingerprint density at radius 2 is 1.79 bits per heavy atom. The van der Waals surface area contributed by atoms with Gasteiger partial charge in [0.1, 0.15) is 5.41 Å². The van der Waals surface area contributed by atoms with Crippen LogP contribution in [0.2, 0.25) is 0 Å². The van der Waals surface area contributed by atoms with E-state index in [4.69, 9.17) is 4.74 Å². The van der Waals surface area contributed by atoms with Crippen molar-refractivity contribution in [3.8, 4) is 0 Å². The summed E-state index contributed by atoms with van der Waals surface area (Å²) in [6.07, 6.45) is 1.11. The second-order valence-corrected chi connectivity index (χ2v) is 8.17. The molecule has 2 heterocycles. The molecule has 4 rings (SSSR count). The van der Waals surface area contributed by atoms with E-state index in [0.717, 1.165) is 11.1 Å². The van der Waals surface area contributed by atoms with E-state index in [1.54, 1.807) is 4.90 Å². The molecule has 0 radical (unpaired) electrons. The Balaban J connectivity index is 1.63. The zero-order valence-corrected chi connectivity index (χ0v) is 15.9. The lowest BCUT2D eigenvalue weighted by Gasteiger charge is -2.49. The zero-order chi connectivity index (χ0) is 19.6. The third-order valence-corrected chi connectivity index (χ3v) is 6.63. The standard InChI is InChI=1S/C21H20N2O4S/c24-17-11-18-23(17)13-21(12-22-26,14-28-18)20(25)27-19(15-7-3-1-4-8-15)16-9-5-2-6-10-16/h1-10,12,18-19,26H,11,13-14H2/t18-,21?/m1/s1. The van der Waals surface area contributed by atoms with Crippen LogP contribution >= 0.6 is 11.8 Å². The second kappa shape index (κ2) is 7.67. The second-order valence-electron chi connectivity index (χ2n) is 7.00. The molecule has 1 unspecified atom stereocenters. The molecule has 28 heavy (non-hydrogen) atoms. The van der Waals surface area contributed by atoms with Crippen molar-refractivity contribution in [2.75, 3.05) is 12.3 Å². The minimum Gasteiger partial charge on any atom is -0.452 e. The first kappa shape index (κ1) is 18.6. The maximum atomic E-state index is 13.3. The van der Waals surface area contributed by atoms with Crippen LogP contribution in [0.4, 0.5) is 0 Å². The fourth-order valence-corrected chi connectivity index (χ4v) is 4.94. The SMILES string of the molecule is O=C1C[C@H]2SCC(C=NO)(C(=O)OC(c3ccccc3)c3ccccc3)CN12. The van der Waals surface area contributed by atoms with Gasteiger partial charge in [0, 0.05) is 12.3 Å². The van der Waals surface area contributed by atoms with E-state index < -0.39 is 17.5 Å². The van der Waals surface area contributed by atoms with Gasteiger partial charge in [0.15, 0.2) is 6.10 Å². The number of hydrogen-bond acceptors (Lipinski definition) is 6. The number of ether oxygens (including phenoxy) is 1. The first-order chi connectivity index (χ1) is 13.6. The van der Waals surface area contributed by atoms with Gasteiger partial charge in [-0.1, -0.05) is 60.7 Å². The number of carbonyl (C=O) groups excluding carboxylic acids is 2. The van der Waals surface area contributed by atoms with Gasteiger partial charge in [0.2, 0.25) is 5.91 Å². The Morgan fingerprint density at radius 3 is 2.32 bits per heavy atom. The number of β-lactam (4-membered cyclic amide) rings is 1. The lowest BCUT2D eigenvalue weighted by molar-refractivity contribution is -0.159. The fraction of sp³-hybridized carbons (Fsp3) is 0.286. The predicted molar refractivity (Wildman–Crippen MR) is 106 cm³/mol. The van der Waals surface area contributed by atoms with Crippen molar-refractivity contribution in [3.63, 3.8) is 0 Å². The molecule has 2 fully saturated rings. The number of oxime groups is 1. The van der Waals surface area contributed by atoms with Gasteiger partial charge in [0.25, 0.3) is 0 Å². The van der Waals surface area contributed by atoms with Gasteiger partial charge >= 0.3 is 5.97 Å². The molecule has 0 aromatic heterocycles. The average molecular weight is 396 g/mol. The van der Waals surface area contributed by atoms with Crippen LogP contribution in [0.3, 0.4) is 0 Å². The maximum Gasteiger partial charge on any atom is 0.321 e. The third-order valence-electron chi connectivity index (χ3n) is 5.14. The van der Waals surface area contributed by atoms with Crippen molar-refractivity contribution in [3.05, 3.63) is 71.8 Å². The molecular weight excluding hydrogens is 376 g/mol. The van der Waals surface area contributed by atoms with Gasteiger partial charge in [-0.05, 0) is 11.1 Å². The van der Waals surface area contributed by atoms with Crippen molar-refractivity contribution in [2.45, 2.75) is 17.9 Å². The highest BCUT2D eigenvalue weighted by Gasteiger charge is 2.52. The van der Waals surface area contributed by atoms with E-state index >= 15 is 0 Å². The van der Waals surface area contributed by atoms with Crippen LogP contribution in [0.1, 0.15) is 23.7 Å². The molecule has 2 aromatic carbocycles. The number of rotatable bonds is 5. The van der Waals surface area contributed by atoms with Crippen molar-refractivity contribution < 1.29 is 19.5 Å². The quantitative estimate of drug-likeness (QED) is 0.276. The van der Waals surface area contributed by atoms with E-state index in [2.05, 4.69) is 5.16 Å². The summed E-state index contributed by atoms with van der Waals surface area (Å²) in [6, 6.07) is 19.0. The van der Waals surface area contributed by atoms with Crippen LogP contribution in [0, 0.1) is 5.41 Å². The summed E-state index contributed by atoms with van der Waals surface area (Å²) < 4.78 is 5.97. The zero-order valence-electron chi connectivity index (χ0n) is 15.1. The van der Waals surface area contributed by atoms with Crippen LogP contribution in [0.15, 0.2) is 65.8 Å². The van der Waals surface area contributed by atoms with Gasteiger partial charge in [-0.2, -0.15) is 0 Å². The number of fused-ring (bicyclic) bond motifs is 1.